The molecule has 1 heterocycles. The van der Waals surface area contributed by atoms with Crippen molar-refractivity contribution < 1.29 is 19.0 Å². The molecule has 0 fully saturated rings. The van der Waals surface area contributed by atoms with E-state index in [-0.39, 0.29) is 30.1 Å². The van der Waals surface area contributed by atoms with Gasteiger partial charge in [0, 0.05) is 11.1 Å². The summed E-state index contributed by atoms with van der Waals surface area (Å²) in [5, 5.41) is 28.0. The summed E-state index contributed by atoms with van der Waals surface area (Å²) >= 11 is 0. The van der Waals surface area contributed by atoms with E-state index in [0.29, 0.717) is 16.9 Å². The Balaban J connectivity index is 2.28. The molecule has 0 radical (unpaired) electrons. The molecule has 0 bridgehead atoms. The van der Waals surface area contributed by atoms with Crippen LogP contribution in [0.1, 0.15) is 37.5 Å². The monoisotopic (exact) mass is 443 g/mol. The second kappa shape index (κ2) is 10.4. The molecule has 33 heavy (non-hydrogen) atoms. The second-order valence-corrected chi connectivity index (χ2v) is 8.01. The van der Waals surface area contributed by atoms with Crippen molar-refractivity contribution in [1.82, 2.24) is 0 Å². The second-order valence-electron chi connectivity index (χ2n) is 8.01. The van der Waals surface area contributed by atoms with E-state index in [2.05, 4.69) is 12.6 Å². The van der Waals surface area contributed by atoms with Gasteiger partial charge in [0.2, 0.25) is 0 Å². The van der Waals surface area contributed by atoms with Crippen molar-refractivity contribution in [2.75, 3.05) is 13.2 Å². The third kappa shape index (κ3) is 5.70. The van der Waals surface area contributed by atoms with Crippen LogP contribution >= 0.6 is 0 Å². The van der Waals surface area contributed by atoms with Gasteiger partial charge in [-0.2, -0.15) is 15.8 Å². The first-order valence-corrected chi connectivity index (χ1v) is 10.2. The van der Waals surface area contributed by atoms with Gasteiger partial charge < -0.3 is 14.2 Å². The predicted molar refractivity (Wildman–Crippen MR) is 122 cm³/mol. The van der Waals surface area contributed by atoms with Crippen LogP contribution in [0.25, 0.3) is 6.08 Å². The zero-order valence-electron chi connectivity index (χ0n) is 19.4. The number of benzene rings is 1. The van der Waals surface area contributed by atoms with E-state index in [1.807, 2.05) is 32.1 Å². The average Bonchev–Trinajstić information content (AvgIpc) is 3.02. The van der Waals surface area contributed by atoms with E-state index in [9.17, 15) is 20.6 Å². The van der Waals surface area contributed by atoms with E-state index in [1.165, 1.54) is 0 Å². The number of esters is 1. The molecule has 0 amide bonds. The maximum atomic E-state index is 11.4. The van der Waals surface area contributed by atoms with Gasteiger partial charge in [0.25, 0.3) is 0 Å². The van der Waals surface area contributed by atoms with Gasteiger partial charge in [-0.3, -0.25) is 0 Å². The summed E-state index contributed by atoms with van der Waals surface area (Å²) in [4.78, 5) is 11.4. The van der Waals surface area contributed by atoms with E-state index >= 15 is 0 Å². The molecule has 0 saturated heterocycles. The fourth-order valence-corrected chi connectivity index (χ4v) is 3.21. The molecular weight excluding hydrogens is 418 g/mol. The number of nitrogens with zero attached hydrogens (tertiary/aromatic N) is 3. The molecule has 1 aliphatic heterocycles. The highest BCUT2D eigenvalue weighted by Crippen LogP contribution is 2.40. The van der Waals surface area contributed by atoms with Crippen LogP contribution in [0.3, 0.4) is 0 Å². The van der Waals surface area contributed by atoms with Crippen LogP contribution in [0.2, 0.25) is 0 Å². The Morgan fingerprint density at radius 1 is 1.12 bits per heavy atom. The van der Waals surface area contributed by atoms with Crippen LogP contribution in [-0.4, -0.2) is 24.8 Å². The number of hydrogen-bond acceptors (Lipinski definition) is 7. The van der Waals surface area contributed by atoms with Crippen LogP contribution in [0.15, 0.2) is 52.8 Å². The Kier molecular flexibility index (Phi) is 7.84. The number of allylic oxidation sites excluding steroid dienone is 2. The maximum absolute atomic E-state index is 11.4. The number of ether oxygens (including phenoxy) is 3. The summed E-state index contributed by atoms with van der Waals surface area (Å²) in [6, 6.07) is 9.47. The summed E-state index contributed by atoms with van der Waals surface area (Å²) in [5.41, 5.74) is 2.73. The molecule has 168 valence electrons. The molecule has 7 heteroatoms. The minimum Gasteiger partial charge on any atom is -0.490 e. The predicted octanol–water partition coefficient (Wildman–Crippen LogP) is 4.74. The number of rotatable bonds is 7. The van der Waals surface area contributed by atoms with E-state index in [4.69, 9.17) is 14.2 Å². The highest BCUT2D eigenvalue weighted by atomic mass is 16.6. The SMILES string of the molecule is C=C(C)C(=O)OCCOc1cc(C)c(C=CC2=C(C#N)C(=C(C#N)C#N)OC2(C)C)cc1C. The van der Waals surface area contributed by atoms with Gasteiger partial charge in [0.05, 0.1) is 0 Å². The lowest BCUT2D eigenvalue weighted by Crippen LogP contribution is -2.20. The topological polar surface area (TPSA) is 116 Å². The van der Waals surface area contributed by atoms with E-state index < -0.39 is 11.6 Å². The molecule has 7 nitrogen and oxygen atoms in total. The van der Waals surface area contributed by atoms with Gasteiger partial charge in [-0.1, -0.05) is 18.7 Å². The van der Waals surface area contributed by atoms with Crippen molar-refractivity contribution in [2.45, 2.75) is 40.2 Å². The lowest BCUT2D eigenvalue weighted by molar-refractivity contribution is -0.139. The third-order valence-electron chi connectivity index (χ3n) is 4.98. The van der Waals surface area contributed by atoms with E-state index in [1.54, 1.807) is 39.0 Å². The van der Waals surface area contributed by atoms with Crippen molar-refractivity contribution >= 4 is 12.0 Å². The minimum absolute atomic E-state index is 0.0103. The average molecular weight is 444 g/mol. The smallest absolute Gasteiger partial charge is 0.333 e. The zero-order valence-corrected chi connectivity index (χ0v) is 19.4. The fraction of sp³-hybridized carbons (Fsp3) is 0.308. The van der Waals surface area contributed by atoms with Gasteiger partial charge in [-0.15, -0.1) is 0 Å². The van der Waals surface area contributed by atoms with Gasteiger partial charge in [-0.25, -0.2) is 4.79 Å². The molecule has 1 aromatic rings. The van der Waals surface area contributed by atoms with Crippen molar-refractivity contribution in [3.05, 3.63) is 69.5 Å². The fourth-order valence-electron chi connectivity index (χ4n) is 3.21. The molecule has 2 rings (SSSR count). The Hall–Kier alpha value is -4.28. The number of nitriles is 3. The highest BCUT2D eigenvalue weighted by molar-refractivity contribution is 5.86. The largest absolute Gasteiger partial charge is 0.490 e. The standard InChI is InChI=1S/C26H25N3O4/c1-16(2)25(30)32-10-9-31-23-12-17(3)19(11-18(23)4)7-8-22-21(15-29)24(20(13-27)14-28)33-26(22,5)6/h7-8,11-12H,1,9-10H2,2-6H3. The van der Waals surface area contributed by atoms with Crippen LogP contribution in [-0.2, 0) is 14.3 Å². The Morgan fingerprint density at radius 2 is 1.79 bits per heavy atom. The lowest BCUT2D eigenvalue weighted by atomic mass is 9.93. The molecule has 0 aromatic heterocycles. The normalized spacial score (nSPS) is 14.2. The first-order valence-electron chi connectivity index (χ1n) is 10.2. The lowest BCUT2D eigenvalue weighted by Gasteiger charge is -2.20. The molecule has 1 aliphatic rings. The number of hydrogen-bond donors (Lipinski definition) is 0. The van der Waals surface area contributed by atoms with Crippen LogP contribution < -0.4 is 4.74 Å². The van der Waals surface area contributed by atoms with Crippen molar-refractivity contribution in [3.63, 3.8) is 0 Å². The molecule has 0 saturated carbocycles. The molecule has 0 atom stereocenters. The van der Waals surface area contributed by atoms with Crippen molar-refractivity contribution in [2.24, 2.45) is 0 Å². The maximum Gasteiger partial charge on any atom is 0.333 e. The van der Waals surface area contributed by atoms with Gasteiger partial charge >= 0.3 is 5.97 Å². The first-order chi connectivity index (χ1) is 15.5. The summed E-state index contributed by atoms with van der Waals surface area (Å²) in [5.74, 6) is 0.234. The third-order valence-corrected chi connectivity index (χ3v) is 4.98. The van der Waals surface area contributed by atoms with Gasteiger partial charge in [0.15, 0.2) is 11.3 Å². The summed E-state index contributed by atoms with van der Waals surface area (Å²) < 4.78 is 16.6. The molecular formula is C26H25N3O4. The number of aryl methyl sites for hydroxylation is 2. The first kappa shape index (κ1) is 25.0. The van der Waals surface area contributed by atoms with Crippen molar-refractivity contribution in [1.29, 1.82) is 15.8 Å². The summed E-state index contributed by atoms with van der Waals surface area (Å²) in [6.45, 7) is 12.8. The van der Waals surface area contributed by atoms with Crippen LogP contribution in [0.4, 0.5) is 0 Å². The molecule has 0 aliphatic carbocycles. The van der Waals surface area contributed by atoms with Crippen LogP contribution in [0, 0.1) is 47.8 Å². The minimum atomic E-state index is -0.872. The Bertz CT molecular complexity index is 1200. The number of carbonyl (C=O) groups excluding carboxylic acids is 1. The van der Waals surface area contributed by atoms with Gasteiger partial charge in [0.1, 0.15) is 48.3 Å². The van der Waals surface area contributed by atoms with Crippen molar-refractivity contribution in [3.8, 4) is 24.0 Å². The molecule has 0 spiro atoms. The highest BCUT2D eigenvalue weighted by Gasteiger charge is 2.38. The number of carbonyl (C=O) groups is 1. The molecule has 0 N–H and O–H groups in total. The van der Waals surface area contributed by atoms with E-state index in [0.717, 1.165) is 16.7 Å². The summed E-state index contributed by atoms with van der Waals surface area (Å²) in [6.07, 6.45) is 3.64. The molecule has 1 aromatic carbocycles. The Morgan fingerprint density at radius 3 is 2.36 bits per heavy atom. The molecule has 0 unspecified atom stereocenters. The summed E-state index contributed by atoms with van der Waals surface area (Å²) in [7, 11) is 0. The van der Waals surface area contributed by atoms with Crippen LogP contribution in [0.5, 0.6) is 5.75 Å². The Labute approximate surface area is 194 Å². The zero-order chi connectivity index (χ0) is 24.8. The van der Waals surface area contributed by atoms with Gasteiger partial charge in [-0.05, 0) is 63.4 Å². The quantitative estimate of drug-likeness (QED) is 0.258.